The number of rotatable bonds is 5. The Morgan fingerprint density at radius 1 is 1.38 bits per heavy atom. The molecule has 3 unspecified atom stereocenters. The molecule has 2 aliphatic carbocycles. The summed E-state index contributed by atoms with van der Waals surface area (Å²) in [7, 11) is 0. The predicted molar refractivity (Wildman–Crippen MR) is 70.5 cm³/mol. The SMILES string of the molecule is CCCNC(C1=CCCC1)C1CCCC1C. The monoisotopic (exact) mass is 221 g/mol. The fourth-order valence-corrected chi connectivity index (χ4v) is 3.50. The van der Waals surface area contributed by atoms with Crippen LogP contribution in [0.5, 0.6) is 0 Å². The molecule has 1 nitrogen and oxygen atoms in total. The molecule has 0 heterocycles. The Bertz CT molecular complexity index is 244. The van der Waals surface area contributed by atoms with E-state index in [0.29, 0.717) is 6.04 Å². The quantitative estimate of drug-likeness (QED) is 0.694. The van der Waals surface area contributed by atoms with Crippen LogP contribution in [0.4, 0.5) is 0 Å². The Morgan fingerprint density at radius 3 is 2.81 bits per heavy atom. The summed E-state index contributed by atoms with van der Waals surface area (Å²) in [6.07, 6.45) is 12.2. The molecule has 0 saturated heterocycles. The lowest BCUT2D eigenvalue weighted by molar-refractivity contribution is 0.324. The van der Waals surface area contributed by atoms with Gasteiger partial charge >= 0.3 is 0 Å². The summed E-state index contributed by atoms with van der Waals surface area (Å²) in [5, 5.41) is 3.82. The maximum absolute atomic E-state index is 3.82. The van der Waals surface area contributed by atoms with Crippen molar-refractivity contribution in [2.75, 3.05) is 6.54 Å². The van der Waals surface area contributed by atoms with E-state index in [-0.39, 0.29) is 0 Å². The second kappa shape index (κ2) is 5.86. The molecule has 0 amide bonds. The van der Waals surface area contributed by atoms with Crippen LogP contribution < -0.4 is 5.32 Å². The summed E-state index contributed by atoms with van der Waals surface area (Å²) in [4.78, 5) is 0. The van der Waals surface area contributed by atoms with Crippen LogP contribution in [-0.2, 0) is 0 Å². The normalized spacial score (nSPS) is 31.8. The highest BCUT2D eigenvalue weighted by molar-refractivity contribution is 5.17. The van der Waals surface area contributed by atoms with Gasteiger partial charge in [0, 0.05) is 6.04 Å². The molecule has 1 N–H and O–H groups in total. The average Bonchev–Trinajstić information content (AvgIpc) is 2.91. The van der Waals surface area contributed by atoms with Gasteiger partial charge in [-0.15, -0.1) is 0 Å². The highest BCUT2D eigenvalue weighted by atomic mass is 14.9. The topological polar surface area (TPSA) is 12.0 Å². The number of hydrogen-bond donors (Lipinski definition) is 1. The van der Waals surface area contributed by atoms with E-state index in [4.69, 9.17) is 0 Å². The molecule has 3 atom stereocenters. The molecule has 1 saturated carbocycles. The minimum absolute atomic E-state index is 0.708. The Balaban J connectivity index is 2.01. The fraction of sp³-hybridized carbons (Fsp3) is 0.867. The van der Waals surface area contributed by atoms with Crippen LogP contribution in [0.3, 0.4) is 0 Å². The van der Waals surface area contributed by atoms with Gasteiger partial charge in [-0.25, -0.2) is 0 Å². The molecule has 1 heteroatoms. The zero-order valence-electron chi connectivity index (χ0n) is 11.0. The van der Waals surface area contributed by atoms with E-state index in [1.165, 1.54) is 51.5 Å². The number of nitrogens with one attached hydrogen (secondary N) is 1. The van der Waals surface area contributed by atoms with Crippen LogP contribution in [0.25, 0.3) is 0 Å². The molecule has 0 bridgehead atoms. The van der Waals surface area contributed by atoms with E-state index in [2.05, 4.69) is 25.2 Å². The van der Waals surface area contributed by atoms with E-state index in [9.17, 15) is 0 Å². The van der Waals surface area contributed by atoms with Gasteiger partial charge in [0.1, 0.15) is 0 Å². The Morgan fingerprint density at radius 2 is 2.25 bits per heavy atom. The Labute approximate surface area is 101 Å². The fourth-order valence-electron chi connectivity index (χ4n) is 3.50. The molecule has 0 aromatic carbocycles. The van der Waals surface area contributed by atoms with Gasteiger partial charge in [-0.05, 0) is 50.5 Å². The smallest absolute Gasteiger partial charge is 0.0310 e. The molecule has 16 heavy (non-hydrogen) atoms. The van der Waals surface area contributed by atoms with Crippen molar-refractivity contribution in [3.63, 3.8) is 0 Å². The van der Waals surface area contributed by atoms with Crippen LogP contribution in [0, 0.1) is 11.8 Å². The Hall–Kier alpha value is -0.300. The predicted octanol–water partition coefficient (Wildman–Crippen LogP) is 3.90. The van der Waals surface area contributed by atoms with E-state index >= 15 is 0 Å². The first kappa shape index (κ1) is 12.2. The molecule has 2 aliphatic rings. The maximum Gasteiger partial charge on any atom is 0.0310 e. The van der Waals surface area contributed by atoms with Crippen molar-refractivity contribution in [3.05, 3.63) is 11.6 Å². The van der Waals surface area contributed by atoms with Crippen LogP contribution in [0.15, 0.2) is 11.6 Å². The Kier molecular flexibility index (Phi) is 4.45. The molecule has 1 fully saturated rings. The first-order valence-corrected chi connectivity index (χ1v) is 7.25. The number of allylic oxidation sites excluding steroid dienone is 1. The molecule has 0 aromatic rings. The third-order valence-electron chi connectivity index (χ3n) is 4.45. The minimum Gasteiger partial charge on any atom is -0.310 e. The van der Waals surface area contributed by atoms with Gasteiger partial charge in [0.2, 0.25) is 0 Å². The van der Waals surface area contributed by atoms with E-state index < -0.39 is 0 Å². The molecule has 0 radical (unpaired) electrons. The third-order valence-corrected chi connectivity index (χ3v) is 4.45. The first-order chi connectivity index (χ1) is 7.83. The molecule has 0 aliphatic heterocycles. The lowest BCUT2D eigenvalue weighted by atomic mass is 9.85. The molecule has 92 valence electrons. The highest BCUT2D eigenvalue weighted by Crippen LogP contribution is 2.38. The molecule has 0 aromatic heterocycles. The van der Waals surface area contributed by atoms with Crippen molar-refractivity contribution in [3.8, 4) is 0 Å². The van der Waals surface area contributed by atoms with E-state index in [0.717, 1.165) is 11.8 Å². The van der Waals surface area contributed by atoms with Gasteiger partial charge in [0.25, 0.3) is 0 Å². The summed E-state index contributed by atoms with van der Waals surface area (Å²) in [5.74, 6) is 1.84. The summed E-state index contributed by atoms with van der Waals surface area (Å²) in [6, 6.07) is 0.708. The molecule has 2 rings (SSSR count). The average molecular weight is 221 g/mol. The van der Waals surface area contributed by atoms with Crippen molar-refractivity contribution in [2.24, 2.45) is 11.8 Å². The van der Waals surface area contributed by atoms with Crippen molar-refractivity contribution in [1.82, 2.24) is 5.32 Å². The lowest BCUT2D eigenvalue weighted by Crippen LogP contribution is -2.39. The van der Waals surface area contributed by atoms with Gasteiger partial charge in [0.05, 0.1) is 0 Å². The highest BCUT2D eigenvalue weighted by Gasteiger charge is 2.32. The van der Waals surface area contributed by atoms with Crippen LogP contribution in [-0.4, -0.2) is 12.6 Å². The molecular weight excluding hydrogens is 194 g/mol. The standard InChI is InChI=1S/C15H27N/c1-3-11-16-15(13-8-4-5-9-13)14-10-6-7-12(14)2/h8,12,14-16H,3-7,9-11H2,1-2H3. The summed E-state index contributed by atoms with van der Waals surface area (Å²) in [6.45, 7) is 5.91. The summed E-state index contributed by atoms with van der Waals surface area (Å²) in [5.41, 5.74) is 1.73. The zero-order valence-corrected chi connectivity index (χ0v) is 11.0. The summed E-state index contributed by atoms with van der Waals surface area (Å²) >= 11 is 0. The lowest BCUT2D eigenvalue weighted by Gasteiger charge is -2.29. The number of hydrogen-bond acceptors (Lipinski definition) is 1. The molecular formula is C15H27N. The second-order valence-corrected chi connectivity index (χ2v) is 5.68. The van der Waals surface area contributed by atoms with Crippen molar-refractivity contribution in [1.29, 1.82) is 0 Å². The molecule has 0 spiro atoms. The van der Waals surface area contributed by atoms with Gasteiger partial charge in [-0.1, -0.05) is 38.3 Å². The van der Waals surface area contributed by atoms with Crippen molar-refractivity contribution >= 4 is 0 Å². The van der Waals surface area contributed by atoms with Crippen LogP contribution >= 0.6 is 0 Å². The minimum atomic E-state index is 0.708. The van der Waals surface area contributed by atoms with Gasteiger partial charge in [-0.2, -0.15) is 0 Å². The van der Waals surface area contributed by atoms with Crippen molar-refractivity contribution in [2.45, 2.75) is 64.8 Å². The van der Waals surface area contributed by atoms with Gasteiger partial charge in [-0.3, -0.25) is 0 Å². The zero-order chi connectivity index (χ0) is 11.4. The summed E-state index contributed by atoms with van der Waals surface area (Å²) < 4.78 is 0. The van der Waals surface area contributed by atoms with E-state index in [1.54, 1.807) is 5.57 Å². The third kappa shape index (κ3) is 2.68. The van der Waals surface area contributed by atoms with E-state index in [1.807, 2.05) is 0 Å². The maximum atomic E-state index is 3.82. The van der Waals surface area contributed by atoms with Crippen molar-refractivity contribution < 1.29 is 0 Å². The van der Waals surface area contributed by atoms with Crippen LogP contribution in [0.2, 0.25) is 0 Å². The van der Waals surface area contributed by atoms with Crippen LogP contribution in [0.1, 0.15) is 58.8 Å². The first-order valence-electron chi connectivity index (χ1n) is 7.25. The van der Waals surface area contributed by atoms with Gasteiger partial charge in [0.15, 0.2) is 0 Å². The van der Waals surface area contributed by atoms with Gasteiger partial charge < -0.3 is 5.32 Å². The largest absolute Gasteiger partial charge is 0.310 e. The second-order valence-electron chi connectivity index (χ2n) is 5.68.